The largest absolute Gasteiger partial charge is 0.304 e. The van der Waals surface area contributed by atoms with E-state index in [1.165, 1.54) is 0 Å². The highest BCUT2D eigenvalue weighted by Crippen LogP contribution is 1.59. The summed E-state index contributed by atoms with van der Waals surface area (Å²) in [6, 6.07) is 0. The van der Waals surface area contributed by atoms with Crippen molar-refractivity contribution in [3.63, 3.8) is 0 Å². The summed E-state index contributed by atoms with van der Waals surface area (Å²) >= 11 is 0. The summed E-state index contributed by atoms with van der Waals surface area (Å²) in [6.45, 7) is 0.482. The third-order valence-corrected chi connectivity index (χ3v) is 0.498. The molecule has 0 atom stereocenters. The SMILES string of the molecule is C#CCNCCF. The molecule has 1 N–H and O–H groups in total. The molecule has 0 saturated carbocycles. The lowest BCUT2D eigenvalue weighted by atomic mass is 10.6. The number of terminal acetylenes is 1. The zero-order valence-electron chi connectivity index (χ0n) is 4.08. The molecular weight excluding hydrogens is 93.1 g/mol. The fourth-order valence-electron chi connectivity index (χ4n) is 0.227. The molecule has 0 aromatic carbocycles. The Morgan fingerprint density at radius 2 is 2.43 bits per heavy atom. The van der Waals surface area contributed by atoms with Gasteiger partial charge in [0, 0.05) is 6.54 Å². The quantitative estimate of drug-likeness (QED) is 0.395. The summed E-state index contributed by atoms with van der Waals surface area (Å²) in [7, 11) is 0. The molecule has 40 valence electrons. The Bertz CT molecular complexity index is 65.0. The molecule has 0 fully saturated rings. The predicted octanol–water partition coefficient (Wildman–Crippen LogP) is 0.179. The van der Waals surface area contributed by atoms with Crippen molar-refractivity contribution in [3.05, 3.63) is 0 Å². The van der Waals surface area contributed by atoms with Crippen LogP contribution >= 0.6 is 0 Å². The van der Waals surface area contributed by atoms with Crippen molar-refractivity contribution in [2.75, 3.05) is 19.8 Å². The van der Waals surface area contributed by atoms with Gasteiger partial charge >= 0.3 is 0 Å². The van der Waals surface area contributed by atoms with E-state index in [1.807, 2.05) is 0 Å². The average molecular weight is 101 g/mol. The molecule has 0 aliphatic rings. The molecule has 0 rings (SSSR count). The molecular formula is C5H8FN. The smallest absolute Gasteiger partial charge is 0.102 e. The van der Waals surface area contributed by atoms with Crippen LogP contribution in [-0.2, 0) is 0 Å². The Hall–Kier alpha value is -0.550. The van der Waals surface area contributed by atoms with Gasteiger partial charge in [0.1, 0.15) is 6.67 Å². The van der Waals surface area contributed by atoms with Gasteiger partial charge in [-0.3, -0.25) is 0 Å². The first-order chi connectivity index (χ1) is 3.41. The summed E-state index contributed by atoms with van der Waals surface area (Å²) in [5.74, 6) is 2.32. The molecule has 0 spiro atoms. The van der Waals surface area contributed by atoms with Crippen LogP contribution < -0.4 is 5.32 Å². The van der Waals surface area contributed by atoms with Crippen molar-refractivity contribution in [3.8, 4) is 12.3 Å². The molecule has 0 aromatic heterocycles. The van der Waals surface area contributed by atoms with Gasteiger partial charge in [-0.15, -0.1) is 6.42 Å². The van der Waals surface area contributed by atoms with Crippen LogP contribution in [0.1, 0.15) is 0 Å². The van der Waals surface area contributed by atoms with Crippen molar-refractivity contribution in [1.82, 2.24) is 5.32 Å². The Morgan fingerprint density at radius 3 is 2.86 bits per heavy atom. The van der Waals surface area contributed by atoms with Gasteiger partial charge in [-0.25, -0.2) is 4.39 Å². The van der Waals surface area contributed by atoms with E-state index < -0.39 is 0 Å². The van der Waals surface area contributed by atoms with Crippen LogP contribution in [0.5, 0.6) is 0 Å². The molecule has 0 bridgehead atoms. The summed E-state index contributed by atoms with van der Waals surface area (Å²) < 4.78 is 11.2. The van der Waals surface area contributed by atoms with E-state index in [2.05, 4.69) is 11.2 Å². The number of halogens is 1. The van der Waals surface area contributed by atoms with Gasteiger partial charge in [-0.2, -0.15) is 0 Å². The van der Waals surface area contributed by atoms with E-state index in [0.717, 1.165) is 0 Å². The molecule has 1 nitrogen and oxygen atoms in total. The Morgan fingerprint density at radius 1 is 1.71 bits per heavy atom. The van der Waals surface area contributed by atoms with Crippen LogP contribution in [0.4, 0.5) is 4.39 Å². The maximum atomic E-state index is 11.2. The minimum absolute atomic E-state index is 0.346. The van der Waals surface area contributed by atoms with Gasteiger partial charge in [-0.05, 0) is 0 Å². The van der Waals surface area contributed by atoms with Crippen LogP contribution in [-0.4, -0.2) is 19.8 Å². The van der Waals surface area contributed by atoms with Crippen molar-refractivity contribution >= 4 is 0 Å². The topological polar surface area (TPSA) is 12.0 Å². The van der Waals surface area contributed by atoms with Crippen molar-refractivity contribution in [1.29, 1.82) is 0 Å². The van der Waals surface area contributed by atoms with Gasteiger partial charge in [0.2, 0.25) is 0 Å². The van der Waals surface area contributed by atoms with E-state index in [0.29, 0.717) is 13.1 Å². The second kappa shape index (κ2) is 5.45. The summed E-state index contributed by atoms with van der Waals surface area (Å²) in [5.41, 5.74) is 0. The highest BCUT2D eigenvalue weighted by molar-refractivity contribution is 4.86. The second-order valence-corrected chi connectivity index (χ2v) is 1.07. The summed E-state index contributed by atoms with van der Waals surface area (Å²) in [6.07, 6.45) is 4.83. The van der Waals surface area contributed by atoms with E-state index in [4.69, 9.17) is 6.42 Å². The number of alkyl halides is 1. The Balaban J connectivity index is 2.60. The molecule has 0 aliphatic heterocycles. The second-order valence-electron chi connectivity index (χ2n) is 1.07. The van der Waals surface area contributed by atoms with E-state index in [9.17, 15) is 4.39 Å². The fourth-order valence-corrected chi connectivity index (χ4v) is 0.227. The molecule has 0 amide bonds. The number of rotatable bonds is 3. The monoisotopic (exact) mass is 101 g/mol. The third-order valence-electron chi connectivity index (χ3n) is 0.498. The van der Waals surface area contributed by atoms with E-state index in [1.54, 1.807) is 0 Å². The molecule has 7 heavy (non-hydrogen) atoms. The van der Waals surface area contributed by atoms with Crippen molar-refractivity contribution < 1.29 is 4.39 Å². The van der Waals surface area contributed by atoms with Crippen LogP contribution in [0.2, 0.25) is 0 Å². The molecule has 0 aromatic rings. The molecule has 0 radical (unpaired) electrons. The Labute approximate surface area is 42.9 Å². The first-order valence-electron chi connectivity index (χ1n) is 2.12. The third kappa shape index (κ3) is 5.45. The number of hydrogen-bond donors (Lipinski definition) is 1. The molecule has 0 unspecified atom stereocenters. The lowest BCUT2D eigenvalue weighted by Crippen LogP contribution is -2.16. The zero-order chi connectivity index (χ0) is 5.54. The lowest BCUT2D eigenvalue weighted by molar-refractivity contribution is 0.476. The normalized spacial score (nSPS) is 8.00. The maximum absolute atomic E-state index is 11.2. The van der Waals surface area contributed by atoms with Crippen LogP contribution in [0, 0.1) is 12.3 Å². The maximum Gasteiger partial charge on any atom is 0.102 e. The van der Waals surface area contributed by atoms with Crippen LogP contribution in [0.15, 0.2) is 0 Å². The minimum Gasteiger partial charge on any atom is -0.304 e. The van der Waals surface area contributed by atoms with Gasteiger partial charge in [0.05, 0.1) is 6.54 Å². The Kier molecular flexibility index (Phi) is 5.02. The van der Waals surface area contributed by atoms with Gasteiger partial charge in [0.25, 0.3) is 0 Å². The van der Waals surface area contributed by atoms with E-state index in [-0.39, 0.29) is 6.67 Å². The fraction of sp³-hybridized carbons (Fsp3) is 0.600. The average Bonchev–Trinajstić information content (AvgIpc) is 1.69. The highest BCUT2D eigenvalue weighted by atomic mass is 19.1. The van der Waals surface area contributed by atoms with Gasteiger partial charge < -0.3 is 5.32 Å². The summed E-state index contributed by atoms with van der Waals surface area (Å²) in [5, 5.41) is 2.67. The molecule has 0 saturated heterocycles. The molecule has 0 heterocycles. The molecule has 2 heteroatoms. The number of nitrogens with one attached hydrogen (secondary N) is 1. The highest BCUT2D eigenvalue weighted by Gasteiger charge is 1.76. The first-order valence-corrected chi connectivity index (χ1v) is 2.12. The predicted molar refractivity (Wildman–Crippen MR) is 27.7 cm³/mol. The standard InChI is InChI=1S/C5H8FN/c1-2-4-7-5-3-6/h1,7H,3-5H2. The lowest BCUT2D eigenvalue weighted by Gasteiger charge is -1.89. The van der Waals surface area contributed by atoms with E-state index >= 15 is 0 Å². The summed E-state index contributed by atoms with van der Waals surface area (Å²) in [4.78, 5) is 0. The zero-order valence-corrected chi connectivity index (χ0v) is 4.08. The first kappa shape index (κ1) is 6.45. The van der Waals surface area contributed by atoms with Crippen molar-refractivity contribution in [2.24, 2.45) is 0 Å². The van der Waals surface area contributed by atoms with Crippen LogP contribution in [0.25, 0.3) is 0 Å². The van der Waals surface area contributed by atoms with Gasteiger partial charge in [-0.1, -0.05) is 5.92 Å². The number of hydrogen-bond acceptors (Lipinski definition) is 1. The van der Waals surface area contributed by atoms with Crippen LogP contribution in [0.3, 0.4) is 0 Å². The molecule has 0 aliphatic carbocycles. The van der Waals surface area contributed by atoms with Crippen molar-refractivity contribution in [2.45, 2.75) is 0 Å². The van der Waals surface area contributed by atoms with Gasteiger partial charge in [0.15, 0.2) is 0 Å². The minimum atomic E-state index is -0.346.